The predicted molar refractivity (Wildman–Crippen MR) is 76.2 cm³/mol. The maximum atomic E-state index is 12.1. The van der Waals surface area contributed by atoms with Crippen molar-refractivity contribution >= 4 is 5.97 Å². The number of ether oxygens (including phenoxy) is 1. The lowest BCUT2D eigenvalue weighted by molar-refractivity contribution is 0.0524. The van der Waals surface area contributed by atoms with Gasteiger partial charge in [0.25, 0.3) is 5.56 Å². The molecule has 0 aromatic carbocycles. The second kappa shape index (κ2) is 5.90. The fourth-order valence-electron chi connectivity index (χ4n) is 2.14. The summed E-state index contributed by atoms with van der Waals surface area (Å²) < 4.78 is 8.08. The average molecular weight is 290 g/mol. The van der Waals surface area contributed by atoms with Gasteiger partial charge in [0.1, 0.15) is 11.4 Å². The molecule has 0 aliphatic carbocycles. The van der Waals surface area contributed by atoms with Crippen LogP contribution in [0.2, 0.25) is 0 Å². The fourth-order valence-corrected chi connectivity index (χ4v) is 2.14. The van der Waals surface area contributed by atoms with Crippen molar-refractivity contribution in [1.82, 2.24) is 19.3 Å². The molecule has 0 bridgehead atoms. The Hall–Kier alpha value is -2.44. The number of aryl methyl sites for hydroxylation is 3. The van der Waals surface area contributed by atoms with Gasteiger partial charge in [-0.2, -0.15) is 5.10 Å². The third-order valence-corrected chi connectivity index (χ3v) is 3.19. The van der Waals surface area contributed by atoms with Crippen LogP contribution in [0.15, 0.2) is 17.1 Å². The van der Waals surface area contributed by atoms with Crippen molar-refractivity contribution < 1.29 is 9.53 Å². The molecule has 0 fully saturated rings. The number of carbonyl (C=O) groups is 1. The first kappa shape index (κ1) is 15.0. The van der Waals surface area contributed by atoms with Gasteiger partial charge < -0.3 is 4.74 Å². The Morgan fingerprint density at radius 2 is 2.10 bits per heavy atom. The molecule has 21 heavy (non-hydrogen) atoms. The van der Waals surface area contributed by atoms with Gasteiger partial charge in [0.15, 0.2) is 0 Å². The minimum absolute atomic E-state index is 0.156. The fraction of sp³-hybridized carbons (Fsp3) is 0.429. The summed E-state index contributed by atoms with van der Waals surface area (Å²) in [7, 11) is 1.72. The van der Waals surface area contributed by atoms with Crippen LogP contribution in [0.4, 0.5) is 0 Å². The summed E-state index contributed by atoms with van der Waals surface area (Å²) in [4.78, 5) is 28.3. The second-order valence-electron chi connectivity index (χ2n) is 4.72. The van der Waals surface area contributed by atoms with Crippen molar-refractivity contribution in [2.75, 3.05) is 6.61 Å². The Morgan fingerprint density at radius 3 is 2.71 bits per heavy atom. The van der Waals surface area contributed by atoms with Gasteiger partial charge in [0.2, 0.25) is 0 Å². The monoisotopic (exact) mass is 290 g/mol. The van der Waals surface area contributed by atoms with Crippen LogP contribution in [0, 0.1) is 13.8 Å². The molecule has 7 heteroatoms. The van der Waals surface area contributed by atoms with E-state index in [2.05, 4.69) is 10.1 Å². The molecule has 112 valence electrons. The van der Waals surface area contributed by atoms with Gasteiger partial charge in [0.05, 0.1) is 25.0 Å². The first-order valence-corrected chi connectivity index (χ1v) is 6.67. The molecule has 0 unspecified atom stereocenters. The van der Waals surface area contributed by atoms with Crippen LogP contribution in [0.3, 0.4) is 0 Å². The summed E-state index contributed by atoms with van der Waals surface area (Å²) in [5, 5.41) is 4.07. The zero-order valence-electron chi connectivity index (χ0n) is 12.6. The van der Waals surface area contributed by atoms with E-state index in [1.54, 1.807) is 32.5 Å². The van der Waals surface area contributed by atoms with Crippen LogP contribution in [-0.2, 0) is 18.3 Å². The highest BCUT2D eigenvalue weighted by Gasteiger charge is 2.18. The van der Waals surface area contributed by atoms with E-state index in [0.717, 1.165) is 0 Å². The van der Waals surface area contributed by atoms with E-state index in [-0.39, 0.29) is 18.7 Å². The summed E-state index contributed by atoms with van der Waals surface area (Å²) in [6, 6.07) is 1.47. The molecule has 0 saturated heterocycles. The lowest BCUT2D eigenvalue weighted by Gasteiger charge is -2.11. The minimum atomic E-state index is -0.439. The van der Waals surface area contributed by atoms with Crippen LogP contribution >= 0.6 is 0 Å². The first-order chi connectivity index (χ1) is 9.93. The van der Waals surface area contributed by atoms with Gasteiger partial charge in [-0.1, -0.05) is 0 Å². The summed E-state index contributed by atoms with van der Waals surface area (Å²) in [5.74, 6) is 0.155. The number of esters is 1. The van der Waals surface area contributed by atoms with Crippen LogP contribution in [-0.4, -0.2) is 31.9 Å². The molecular formula is C14H18N4O3. The van der Waals surface area contributed by atoms with Crippen LogP contribution in [0.25, 0.3) is 0 Å². The van der Waals surface area contributed by atoms with Crippen LogP contribution in [0.5, 0.6) is 0 Å². The quantitative estimate of drug-likeness (QED) is 0.779. The molecule has 0 spiro atoms. The maximum absolute atomic E-state index is 12.1. The molecule has 2 rings (SSSR count). The number of hydrogen-bond donors (Lipinski definition) is 0. The zero-order chi connectivity index (χ0) is 15.6. The Labute approximate surface area is 122 Å². The smallest absolute Gasteiger partial charge is 0.341 e. The van der Waals surface area contributed by atoms with E-state index in [1.807, 2.05) is 0 Å². The van der Waals surface area contributed by atoms with E-state index < -0.39 is 5.97 Å². The summed E-state index contributed by atoms with van der Waals surface area (Å²) in [5.41, 5.74) is 1.50. The Morgan fingerprint density at radius 1 is 1.38 bits per heavy atom. The van der Waals surface area contributed by atoms with Gasteiger partial charge in [0, 0.05) is 18.8 Å². The highest BCUT2D eigenvalue weighted by molar-refractivity contribution is 5.90. The van der Waals surface area contributed by atoms with E-state index in [4.69, 9.17) is 4.74 Å². The summed E-state index contributed by atoms with van der Waals surface area (Å²) >= 11 is 0. The van der Waals surface area contributed by atoms with Crippen molar-refractivity contribution in [3.63, 3.8) is 0 Å². The van der Waals surface area contributed by atoms with Crippen LogP contribution < -0.4 is 5.56 Å². The molecule has 2 aromatic heterocycles. The molecule has 0 amide bonds. The van der Waals surface area contributed by atoms with Crippen LogP contribution in [0.1, 0.15) is 34.5 Å². The normalized spacial score (nSPS) is 10.7. The van der Waals surface area contributed by atoms with Gasteiger partial charge in [-0.15, -0.1) is 0 Å². The molecule has 0 radical (unpaired) electrons. The number of aromatic nitrogens is 4. The van der Waals surface area contributed by atoms with Gasteiger partial charge in [-0.3, -0.25) is 14.0 Å². The van der Waals surface area contributed by atoms with Crippen molar-refractivity contribution in [3.05, 3.63) is 45.4 Å². The molecule has 7 nitrogen and oxygen atoms in total. The Kier molecular flexibility index (Phi) is 4.21. The molecular weight excluding hydrogens is 272 g/mol. The van der Waals surface area contributed by atoms with E-state index in [1.165, 1.54) is 16.8 Å². The van der Waals surface area contributed by atoms with Crippen molar-refractivity contribution in [1.29, 1.82) is 0 Å². The topological polar surface area (TPSA) is 79.0 Å². The molecule has 0 atom stereocenters. The third-order valence-electron chi connectivity index (χ3n) is 3.19. The first-order valence-electron chi connectivity index (χ1n) is 6.67. The third kappa shape index (κ3) is 3.01. The van der Waals surface area contributed by atoms with Crippen molar-refractivity contribution in [3.8, 4) is 0 Å². The standard InChI is InChI=1S/C14H18N4O3/c1-5-21-14(20)11-7-15-17(4)12(11)8-18-10(3)16-9(2)6-13(18)19/h6-7H,5,8H2,1-4H3. The minimum Gasteiger partial charge on any atom is -0.462 e. The molecule has 0 saturated carbocycles. The average Bonchev–Trinajstić information content (AvgIpc) is 2.75. The lowest BCUT2D eigenvalue weighted by Crippen LogP contribution is -2.26. The van der Waals surface area contributed by atoms with Gasteiger partial charge >= 0.3 is 5.97 Å². The Bertz CT molecular complexity index is 730. The molecule has 0 aliphatic heterocycles. The number of rotatable bonds is 4. The molecule has 0 N–H and O–H groups in total. The zero-order valence-corrected chi connectivity index (χ0v) is 12.6. The molecule has 2 aromatic rings. The Balaban J connectivity index is 2.43. The maximum Gasteiger partial charge on any atom is 0.341 e. The highest BCUT2D eigenvalue weighted by atomic mass is 16.5. The summed E-state index contributed by atoms with van der Waals surface area (Å²) in [6.07, 6.45) is 1.45. The number of carbonyl (C=O) groups excluding carboxylic acids is 1. The summed E-state index contributed by atoms with van der Waals surface area (Å²) in [6.45, 7) is 5.79. The lowest BCUT2D eigenvalue weighted by atomic mass is 10.2. The largest absolute Gasteiger partial charge is 0.462 e. The highest BCUT2D eigenvalue weighted by Crippen LogP contribution is 2.11. The van der Waals surface area contributed by atoms with Crippen molar-refractivity contribution in [2.45, 2.75) is 27.3 Å². The SMILES string of the molecule is CCOC(=O)c1cnn(C)c1Cn1c(C)nc(C)cc1=O. The molecule has 0 aliphatic rings. The van der Waals surface area contributed by atoms with Gasteiger partial charge in [-0.25, -0.2) is 9.78 Å². The van der Waals surface area contributed by atoms with E-state index in [0.29, 0.717) is 22.8 Å². The van der Waals surface area contributed by atoms with Gasteiger partial charge in [-0.05, 0) is 20.8 Å². The number of nitrogens with zero attached hydrogens (tertiary/aromatic N) is 4. The second-order valence-corrected chi connectivity index (χ2v) is 4.72. The van der Waals surface area contributed by atoms with E-state index in [9.17, 15) is 9.59 Å². The predicted octanol–water partition coefficient (Wildman–Crippen LogP) is 0.819. The number of hydrogen-bond acceptors (Lipinski definition) is 5. The molecule has 2 heterocycles. The van der Waals surface area contributed by atoms with E-state index >= 15 is 0 Å². The van der Waals surface area contributed by atoms with Crippen molar-refractivity contribution in [2.24, 2.45) is 7.05 Å².